The first-order valence-corrected chi connectivity index (χ1v) is 7.39. The van der Waals surface area contributed by atoms with Crippen LogP contribution in [0.5, 0.6) is 0 Å². The van der Waals surface area contributed by atoms with Gasteiger partial charge in [-0.2, -0.15) is 0 Å². The highest BCUT2D eigenvalue weighted by molar-refractivity contribution is 7.11. The molecule has 114 valence electrons. The molecule has 1 heterocycles. The lowest BCUT2D eigenvalue weighted by molar-refractivity contribution is -0.131. The van der Waals surface area contributed by atoms with Crippen molar-refractivity contribution < 1.29 is 19.5 Å². The number of carbonyl (C=O) groups is 3. The summed E-state index contributed by atoms with van der Waals surface area (Å²) in [7, 11) is 0. The van der Waals surface area contributed by atoms with Crippen molar-refractivity contribution >= 4 is 35.2 Å². The highest BCUT2D eigenvalue weighted by Gasteiger charge is 2.18. The standard InChI is InChI=1S/C14H18N2O4S/c1-2-3-6-16(8-12(15)17)14(20)10-7-11(21-9-10)4-5-13(18)19/h4-5,7,9H,2-3,6,8H2,1H3,(H2,15,17)(H,18,19). The number of carboxylic acid groups (broad SMARTS) is 1. The van der Waals surface area contributed by atoms with Gasteiger partial charge in [0.15, 0.2) is 0 Å². The topological polar surface area (TPSA) is 101 Å². The number of rotatable bonds is 8. The number of unbranched alkanes of at least 4 members (excludes halogenated alkanes) is 1. The molecule has 1 rings (SSSR count). The Morgan fingerprint density at radius 1 is 1.43 bits per heavy atom. The fourth-order valence-electron chi connectivity index (χ4n) is 1.68. The van der Waals surface area contributed by atoms with Crippen LogP contribution in [0.15, 0.2) is 17.5 Å². The van der Waals surface area contributed by atoms with E-state index in [0.29, 0.717) is 17.0 Å². The highest BCUT2D eigenvalue weighted by atomic mass is 32.1. The third-order valence-corrected chi connectivity index (χ3v) is 3.57. The van der Waals surface area contributed by atoms with Gasteiger partial charge in [0.25, 0.3) is 5.91 Å². The maximum atomic E-state index is 12.3. The van der Waals surface area contributed by atoms with E-state index in [1.807, 2.05) is 6.92 Å². The number of hydrogen-bond acceptors (Lipinski definition) is 4. The molecule has 0 spiro atoms. The second-order valence-electron chi connectivity index (χ2n) is 4.46. The van der Waals surface area contributed by atoms with E-state index in [0.717, 1.165) is 18.9 Å². The Balaban J connectivity index is 2.82. The van der Waals surface area contributed by atoms with Gasteiger partial charge >= 0.3 is 5.97 Å². The summed E-state index contributed by atoms with van der Waals surface area (Å²) in [6.07, 6.45) is 4.13. The number of amides is 2. The van der Waals surface area contributed by atoms with Crippen molar-refractivity contribution in [2.45, 2.75) is 19.8 Å². The smallest absolute Gasteiger partial charge is 0.328 e. The molecular formula is C14H18N2O4S. The molecular weight excluding hydrogens is 292 g/mol. The van der Waals surface area contributed by atoms with Gasteiger partial charge in [-0.3, -0.25) is 9.59 Å². The zero-order valence-electron chi connectivity index (χ0n) is 11.7. The van der Waals surface area contributed by atoms with Gasteiger partial charge in [-0.15, -0.1) is 11.3 Å². The van der Waals surface area contributed by atoms with E-state index in [4.69, 9.17) is 10.8 Å². The molecule has 1 aromatic heterocycles. The molecule has 0 radical (unpaired) electrons. The van der Waals surface area contributed by atoms with Crippen LogP contribution >= 0.6 is 11.3 Å². The molecule has 6 nitrogen and oxygen atoms in total. The highest BCUT2D eigenvalue weighted by Crippen LogP contribution is 2.18. The van der Waals surface area contributed by atoms with E-state index in [1.165, 1.54) is 22.3 Å². The van der Waals surface area contributed by atoms with Gasteiger partial charge in [0.05, 0.1) is 12.1 Å². The molecule has 0 saturated heterocycles. The van der Waals surface area contributed by atoms with Crippen molar-refractivity contribution in [3.05, 3.63) is 28.0 Å². The van der Waals surface area contributed by atoms with Gasteiger partial charge in [-0.25, -0.2) is 4.79 Å². The second kappa shape index (κ2) is 8.21. The molecule has 0 aliphatic heterocycles. The molecule has 0 unspecified atom stereocenters. The van der Waals surface area contributed by atoms with Crippen molar-refractivity contribution in [1.82, 2.24) is 4.90 Å². The third kappa shape index (κ3) is 5.78. The fraction of sp³-hybridized carbons (Fsp3) is 0.357. The number of nitrogens with two attached hydrogens (primary N) is 1. The first-order chi connectivity index (χ1) is 9.93. The summed E-state index contributed by atoms with van der Waals surface area (Å²) in [5.74, 6) is -1.87. The molecule has 0 aliphatic carbocycles. The van der Waals surface area contributed by atoms with E-state index in [9.17, 15) is 14.4 Å². The van der Waals surface area contributed by atoms with Crippen LogP contribution in [-0.4, -0.2) is 40.9 Å². The maximum absolute atomic E-state index is 12.3. The van der Waals surface area contributed by atoms with Crippen LogP contribution in [0.2, 0.25) is 0 Å². The quantitative estimate of drug-likeness (QED) is 0.712. The van der Waals surface area contributed by atoms with Crippen molar-refractivity contribution in [3.63, 3.8) is 0 Å². The summed E-state index contributed by atoms with van der Waals surface area (Å²) in [4.78, 5) is 35.9. The predicted octanol–water partition coefficient (Wildman–Crippen LogP) is 1.57. The van der Waals surface area contributed by atoms with Crippen LogP contribution in [-0.2, 0) is 9.59 Å². The summed E-state index contributed by atoms with van der Waals surface area (Å²) in [5, 5.41) is 10.2. The zero-order chi connectivity index (χ0) is 15.8. The average molecular weight is 310 g/mol. The van der Waals surface area contributed by atoms with Gasteiger partial charge in [0.1, 0.15) is 0 Å². The SMILES string of the molecule is CCCCN(CC(N)=O)C(=O)c1csc(C=CC(=O)O)c1. The Hall–Kier alpha value is -2.15. The lowest BCUT2D eigenvalue weighted by atomic mass is 10.2. The van der Waals surface area contributed by atoms with Gasteiger partial charge in [-0.05, 0) is 18.6 Å². The van der Waals surface area contributed by atoms with Crippen molar-refractivity contribution in [2.75, 3.05) is 13.1 Å². The molecule has 1 aromatic rings. The number of carboxylic acids is 1. The van der Waals surface area contributed by atoms with Crippen molar-refractivity contribution in [2.24, 2.45) is 5.73 Å². The van der Waals surface area contributed by atoms with E-state index in [-0.39, 0.29) is 12.5 Å². The lowest BCUT2D eigenvalue weighted by Gasteiger charge is -2.20. The van der Waals surface area contributed by atoms with Gasteiger partial charge in [0, 0.05) is 22.9 Å². The number of nitrogens with zero attached hydrogens (tertiary/aromatic N) is 1. The Labute approximate surface area is 126 Å². The predicted molar refractivity (Wildman–Crippen MR) is 81.0 cm³/mol. The monoisotopic (exact) mass is 310 g/mol. The van der Waals surface area contributed by atoms with E-state index in [2.05, 4.69) is 0 Å². The molecule has 0 aromatic carbocycles. The van der Waals surface area contributed by atoms with Crippen LogP contribution in [0.3, 0.4) is 0 Å². The molecule has 3 N–H and O–H groups in total. The van der Waals surface area contributed by atoms with Crippen LogP contribution in [0.4, 0.5) is 0 Å². The number of primary amides is 1. The van der Waals surface area contributed by atoms with E-state index in [1.54, 1.807) is 11.4 Å². The van der Waals surface area contributed by atoms with Crippen molar-refractivity contribution in [3.8, 4) is 0 Å². The minimum absolute atomic E-state index is 0.116. The average Bonchev–Trinajstić information content (AvgIpc) is 2.88. The molecule has 2 amide bonds. The largest absolute Gasteiger partial charge is 0.478 e. The molecule has 0 atom stereocenters. The van der Waals surface area contributed by atoms with Gasteiger partial charge in [0.2, 0.25) is 5.91 Å². The van der Waals surface area contributed by atoms with Crippen LogP contribution in [0, 0.1) is 0 Å². The Kier molecular flexibility index (Phi) is 6.61. The van der Waals surface area contributed by atoms with Gasteiger partial charge < -0.3 is 15.7 Å². The van der Waals surface area contributed by atoms with Crippen LogP contribution in [0.1, 0.15) is 35.0 Å². The molecule has 21 heavy (non-hydrogen) atoms. The molecule has 0 saturated carbocycles. The molecule has 7 heteroatoms. The Morgan fingerprint density at radius 2 is 2.14 bits per heavy atom. The summed E-state index contributed by atoms with van der Waals surface area (Å²) >= 11 is 1.27. The summed E-state index contributed by atoms with van der Waals surface area (Å²) in [6.45, 7) is 2.34. The molecule has 0 fully saturated rings. The fourth-order valence-corrected chi connectivity index (χ4v) is 2.45. The number of thiophene rings is 1. The number of carbonyl (C=O) groups excluding carboxylic acids is 2. The van der Waals surface area contributed by atoms with Crippen molar-refractivity contribution in [1.29, 1.82) is 0 Å². The Morgan fingerprint density at radius 3 is 2.71 bits per heavy atom. The normalized spacial score (nSPS) is 10.7. The summed E-state index contributed by atoms with van der Waals surface area (Å²) < 4.78 is 0. The number of aliphatic carboxylic acids is 1. The first-order valence-electron chi connectivity index (χ1n) is 6.51. The molecule has 0 aliphatic rings. The summed E-state index contributed by atoms with van der Waals surface area (Å²) in [6, 6.07) is 1.60. The minimum Gasteiger partial charge on any atom is -0.478 e. The lowest BCUT2D eigenvalue weighted by Crippen LogP contribution is -2.38. The number of hydrogen-bond donors (Lipinski definition) is 2. The third-order valence-electron chi connectivity index (χ3n) is 2.67. The second-order valence-corrected chi connectivity index (χ2v) is 5.40. The van der Waals surface area contributed by atoms with Gasteiger partial charge in [-0.1, -0.05) is 13.3 Å². The zero-order valence-corrected chi connectivity index (χ0v) is 12.6. The molecule has 0 bridgehead atoms. The minimum atomic E-state index is -1.05. The maximum Gasteiger partial charge on any atom is 0.328 e. The Bertz CT molecular complexity index is 551. The van der Waals surface area contributed by atoms with E-state index < -0.39 is 11.9 Å². The van der Waals surface area contributed by atoms with Crippen LogP contribution < -0.4 is 5.73 Å². The first kappa shape index (κ1) is 16.9. The van der Waals surface area contributed by atoms with E-state index >= 15 is 0 Å². The van der Waals surface area contributed by atoms with Crippen LogP contribution in [0.25, 0.3) is 6.08 Å². The summed E-state index contributed by atoms with van der Waals surface area (Å²) in [5.41, 5.74) is 5.59.